The molecule has 0 bridgehead atoms. The van der Waals surface area contributed by atoms with E-state index in [9.17, 15) is 0 Å². The molecule has 1 N–H and O–H groups in total. The Bertz CT molecular complexity index is 95.4. The van der Waals surface area contributed by atoms with Gasteiger partial charge in [0.15, 0.2) is 0 Å². The van der Waals surface area contributed by atoms with Crippen molar-refractivity contribution in [2.45, 2.75) is 39.5 Å². The Kier molecular flexibility index (Phi) is 7.42. The molecule has 10 heavy (non-hydrogen) atoms. The highest BCUT2D eigenvalue weighted by molar-refractivity contribution is 7.98. The molecule has 0 aliphatic rings. The summed E-state index contributed by atoms with van der Waals surface area (Å²) in [6.07, 6.45) is 5.20. The van der Waals surface area contributed by atoms with Gasteiger partial charge in [-0.05, 0) is 19.1 Å². The first-order chi connectivity index (χ1) is 4.77. The maximum atomic E-state index is 8.81. The number of hydrogen-bond donors (Lipinski definition) is 2. The summed E-state index contributed by atoms with van der Waals surface area (Å²) in [7, 11) is 0. The normalized spacial score (nSPS) is 12.9. The van der Waals surface area contributed by atoms with Crippen LogP contribution in [0.15, 0.2) is 0 Å². The fourth-order valence-corrected chi connectivity index (χ4v) is 1.48. The molecule has 0 spiro atoms. The maximum Gasteiger partial charge on any atom is 0.0663 e. The molecule has 0 atom stereocenters. The van der Waals surface area contributed by atoms with Crippen LogP contribution in [-0.2, 0) is 0 Å². The standard InChI is InChI=1S/C8H18OS/c1-3-4-5-6-7-10-8(2)9/h9-10H,3-7H2,1-2H3. The highest BCUT2D eigenvalue weighted by atomic mass is 32.1. The predicted molar refractivity (Wildman–Crippen MR) is 51.3 cm³/mol. The summed E-state index contributed by atoms with van der Waals surface area (Å²) in [5.41, 5.74) is 0. The largest absolute Gasteiger partial charge is 0.360 e. The van der Waals surface area contributed by atoms with E-state index >= 15 is 0 Å². The van der Waals surface area contributed by atoms with E-state index in [2.05, 4.69) is 6.92 Å². The first-order valence-electron chi connectivity index (χ1n) is 3.97. The zero-order valence-corrected chi connectivity index (χ0v) is 7.82. The van der Waals surface area contributed by atoms with Crippen molar-refractivity contribution < 1.29 is 5.11 Å². The van der Waals surface area contributed by atoms with Crippen LogP contribution in [0.2, 0.25) is 0 Å². The van der Waals surface area contributed by atoms with Crippen molar-refractivity contribution in [2.75, 3.05) is 5.75 Å². The Morgan fingerprint density at radius 3 is 2.50 bits per heavy atom. The summed E-state index contributed by atoms with van der Waals surface area (Å²) in [5.74, 6) is 1.13. The monoisotopic (exact) mass is 162 g/mol. The Morgan fingerprint density at radius 1 is 1.30 bits per heavy atom. The summed E-state index contributed by atoms with van der Waals surface area (Å²) in [5, 5.41) is 9.37. The van der Waals surface area contributed by atoms with Crippen molar-refractivity contribution in [2.24, 2.45) is 0 Å². The molecule has 0 unspecified atom stereocenters. The van der Waals surface area contributed by atoms with Gasteiger partial charge >= 0.3 is 0 Å². The van der Waals surface area contributed by atoms with Crippen LogP contribution in [0.25, 0.3) is 0 Å². The van der Waals surface area contributed by atoms with E-state index in [1.807, 2.05) is 0 Å². The van der Waals surface area contributed by atoms with Crippen LogP contribution in [0, 0.1) is 0 Å². The van der Waals surface area contributed by atoms with E-state index < -0.39 is 0 Å². The molecule has 0 heterocycles. The SMILES string of the molecule is CCCCCC[SH]=C(C)O. The third kappa shape index (κ3) is 8.18. The summed E-state index contributed by atoms with van der Waals surface area (Å²) in [6.45, 7) is 3.97. The Balaban J connectivity index is 2.98. The van der Waals surface area contributed by atoms with E-state index in [4.69, 9.17) is 5.11 Å². The second-order valence-electron chi connectivity index (χ2n) is 2.49. The van der Waals surface area contributed by atoms with Crippen molar-refractivity contribution in [3.8, 4) is 0 Å². The van der Waals surface area contributed by atoms with Crippen LogP contribution in [0.1, 0.15) is 39.5 Å². The number of hydrogen-bond acceptors (Lipinski definition) is 0. The van der Waals surface area contributed by atoms with Gasteiger partial charge in [0, 0.05) is 0 Å². The molecule has 0 radical (unpaired) electrons. The molecule has 0 rings (SSSR count). The molecule has 0 fully saturated rings. The fraction of sp³-hybridized carbons (Fsp3) is 0.875. The molecule has 0 saturated carbocycles. The van der Waals surface area contributed by atoms with E-state index in [1.54, 1.807) is 6.92 Å². The van der Waals surface area contributed by atoms with Gasteiger partial charge in [-0.3, -0.25) is 0 Å². The third-order valence-electron chi connectivity index (χ3n) is 1.35. The van der Waals surface area contributed by atoms with Gasteiger partial charge in [-0.15, -0.1) is 0 Å². The maximum absolute atomic E-state index is 8.81. The van der Waals surface area contributed by atoms with Crippen LogP contribution in [0.3, 0.4) is 0 Å². The summed E-state index contributed by atoms with van der Waals surface area (Å²) >= 11 is 1.11. The first-order valence-corrected chi connectivity index (χ1v) is 5.05. The molecular formula is C8H18OS. The average molecular weight is 162 g/mol. The average Bonchev–Trinajstić information content (AvgIpc) is 1.87. The van der Waals surface area contributed by atoms with Crippen LogP contribution in [0.4, 0.5) is 0 Å². The van der Waals surface area contributed by atoms with Gasteiger partial charge < -0.3 is 5.11 Å². The topological polar surface area (TPSA) is 20.2 Å². The van der Waals surface area contributed by atoms with Gasteiger partial charge in [0.1, 0.15) is 0 Å². The van der Waals surface area contributed by atoms with Crippen LogP contribution in [0.5, 0.6) is 0 Å². The predicted octanol–water partition coefficient (Wildman–Crippen LogP) is 2.74. The Hall–Kier alpha value is 0.180. The van der Waals surface area contributed by atoms with Crippen LogP contribution >= 0.6 is 11.4 Å². The molecular weight excluding hydrogens is 144 g/mol. The number of rotatable bonds is 5. The molecule has 1 nitrogen and oxygen atoms in total. The second kappa shape index (κ2) is 7.29. The third-order valence-corrected chi connectivity index (χ3v) is 2.35. The van der Waals surface area contributed by atoms with Gasteiger partial charge in [0.2, 0.25) is 0 Å². The highest BCUT2D eigenvalue weighted by Crippen LogP contribution is 2.02. The van der Waals surface area contributed by atoms with Crippen molar-refractivity contribution in [1.29, 1.82) is 0 Å². The van der Waals surface area contributed by atoms with E-state index in [0.717, 1.165) is 17.1 Å². The lowest BCUT2D eigenvalue weighted by molar-refractivity contribution is 0.564. The highest BCUT2D eigenvalue weighted by Gasteiger charge is 1.84. The number of unbranched alkanes of at least 4 members (excludes halogenated alkanes) is 3. The van der Waals surface area contributed by atoms with Gasteiger partial charge in [-0.1, -0.05) is 26.2 Å². The van der Waals surface area contributed by atoms with Gasteiger partial charge in [0.05, 0.1) is 5.05 Å². The Labute approximate surface area is 67.4 Å². The zero-order chi connectivity index (χ0) is 7.82. The lowest BCUT2D eigenvalue weighted by Crippen LogP contribution is -1.84. The molecule has 2 heteroatoms. The zero-order valence-electron chi connectivity index (χ0n) is 6.93. The molecule has 0 aliphatic carbocycles. The smallest absolute Gasteiger partial charge is 0.0663 e. The van der Waals surface area contributed by atoms with E-state index in [0.29, 0.717) is 5.05 Å². The molecule has 0 saturated heterocycles. The summed E-state index contributed by atoms with van der Waals surface area (Å²) in [4.78, 5) is 0. The van der Waals surface area contributed by atoms with Crippen LogP contribution < -0.4 is 0 Å². The lowest BCUT2D eigenvalue weighted by atomic mass is 10.2. The van der Waals surface area contributed by atoms with Gasteiger partial charge in [-0.2, -0.15) is 11.4 Å². The number of thiol groups is 1. The van der Waals surface area contributed by atoms with E-state index in [1.165, 1.54) is 25.7 Å². The van der Waals surface area contributed by atoms with Gasteiger partial charge in [-0.25, -0.2) is 0 Å². The fourth-order valence-electron chi connectivity index (χ4n) is 0.779. The van der Waals surface area contributed by atoms with Crippen molar-refractivity contribution in [1.82, 2.24) is 0 Å². The molecule has 0 amide bonds. The molecule has 0 aromatic heterocycles. The summed E-state index contributed by atoms with van der Waals surface area (Å²) in [6, 6.07) is 0. The number of aliphatic hydroxyl groups excluding tert-OH is 1. The van der Waals surface area contributed by atoms with Crippen molar-refractivity contribution in [3.63, 3.8) is 0 Å². The molecule has 62 valence electrons. The summed E-state index contributed by atoms with van der Waals surface area (Å²) < 4.78 is 0. The van der Waals surface area contributed by atoms with Gasteiger partial charge in [0.25, 0.3) is 0 Å². The second-order valence-corrected chi connectivity index (χ2v) is 3.90. The Morgan fingerprint density at radius 2 is 2.00 bits per heavy atom. The molecule has 0 aromatic carbocycles. The number of aliphatic hydroxyl groups is 1. The minimum Gasteiger partial charge on any atom is -0.360 e. The lowest BCUT2D eigenvalue weighted by Gasteiger charge is -1.94. The van der Waals surface area contributed by atoms with Crippen molar-refractivity contribution >= 4 is 16.4 Å². The molecule has 0 aliphatic heterocycles. The van der Waals surface area contributed by atoms with Crippen LogP contribution in [-0.4, -0.2) is 15.9 Å². The minimum absolute atomic E-state index is 0.552. The first kappa shape index (κ1) is 10.2. The molecule has 0 aromatic rings. The quantitative estimate of drug-likeness (QED) is 0.362. The minimum atomic E-state index is 0.552. The van der Waals surface area contributed by atoms with E-state index in [-0.39, 0.29) is 0 Å². The van der Waals surface area contributed by atoms with Crippen molar-refractivity contribution in [3.05, 3.63) is 0 Å².